The maximum atomic E-state index is 13.3. The number of hydrogen-bond acceptors (Lipinski definition) is 4. The summed E-state index contributed by atoms with van der Waals surface area (Å²) >= 11 is 0. The zero-order valence-electron chi connectivity index (χ0n) is 18.9. The second kappa shape index (κ2) is 9.11. The van der Waals surface area contributed by atoms with E-state index in [0.29, 0.717) is 6.54 Å². The number of likely N-dealkylation sites (N-methyl/N-ethyl adjacent to an activating group) is 1. The van der Waals surface area contributed by atoms with Gasteiger partial charge in [-0.15, -0.1) is 0 Å². The Labute approximate surface area is 198 Å². The number of nitrogens with zero attached hydrogens (tertiary/aromatic N) is 1. The molecule has 0 saturated heterocycles. The maximum Gasteiger partial charge on any atom is 0.253 e. The predicted octanol–water partition coefficient (Wildman–Crippen LogP) is 2.49. The van der Waals surface area contributed by atoms with Gasteiger partial charge in [0, 0.05) is 19.2 Å². The van der Waals surface area contributed by atoms with Crippen LogP contribution in [0.1, 0.15) is 28.8 Å². The SMILES string of the molecule is CN1C(=O)[C@@H](NC(=O)CNC(=O)C2NCCc3ccccc32)c2ccccc2-c2ccccc21. The molecule has 3 N–H and O–H groups in total. The Morgan fingerprint density at radius 3 is 2.44 bits per heavy atom. The molecular weight excluding hydrogens is 428 g/mol. The summed E-state index contributed by atoms with van der Waals surface area (Å²) < 4.78 is 0. The van der Waals surface area contributed by atoms with E-state index >= 15 is 0 Å². The van der Waals surface area contributed by atoms with Crippen molar-refractivity contribution < 1.29 is 14.4 Å². The molecule has 34 heavy (non-hydrogen) atoms. The first kappa shape index (κ1) is 21.9. The molecule has 2 aliphatic heterocycles. The van der Waals surface area contributed by atoms with Gasteiger partial charge in [-0.1, -0.05) is 66.7 Å². The number of amides is 3. The van der Waals surface area contributed by atoms with Crippen molar-refractivity contribution in [3.05, 3.63) is 89.5 Å². The fourth-order valence-corrected chi connectivity index (χ4v) is 4.79. The van der Waals surface area contributed by atoms with Gasteiger partial charge in [0.2, 0.25) is 11.8 Å². The van der Waals surface area contributed by atoms with Crippen molar-refractivity contribution in [2.45, 2.75) is 18.5 Å². The van der Waals surface area contributed by atoms with Crippen molar-refractivity contribution in [3.8, 4) is 11.1 Å². The van der Waals surface area contributed by atoms with Crippen molar-refractivity contribution in [2.24, 2.45) is 0 Å². The molecule has 0 bridgehead atoms. The summed E-state index contributed by atoms with van der Waals surface area (Å²) in [6.07, 6.45) is 0.861. The van der Waals surface area contributed by atoms with Crippen LogP contribution in [-0.4, -0.2) is 37.9 Å². The number of carbonyl (C=O) groups is 3. The van der Waals surface area contributed by atoms with Crippen molar-refractivity contribution in [3.63, 3.8) is 0 Å². The van der Waals surface area contributed by atoms with Gasteiger partial charge in [0.25, 0.3) is 5.91 Å². The van der Waals surface area contributed by atoms with E-state index in [1.54, 1.807) is 11.9 Å². The lowest BCUT2D eigenvalue weighted by Crippen LogP contribution is -2.47. The molecular formula is C27H26N4O3. The van der Waals surface area contributed by atoms with Crippen molar-refractivity contribution >= 4 is 23.4 Å². The van der Waals surface area contributed by atoms with Crippen molar-refractivity contribution in [1.82, 2.24) is 16.0 Å². The fourth-order valence-electron chi connectivity index (χ4n) is 4.79. The first-order valence-electron chi connectivity index (χ1n) is 11.4. The highest BCUT2D eigenvalue weighted by atomic mass is 16.2. The molecule has 0 saturated carbocycles. The quantitative estimate of drug-likeness (QED) is 0.565. The maximum absolute atomic E-state index is 13.3. The Morgan fingerprint density at radius 1 is 0.941 bits per heavy atom. The van der Waals surface area contributed by atoms with Gasteiger partial charge in [-0.05, 0) is 34.7 Å². The molecule has 2 heterocycles. The van der Waals surface area contributed by atoms with Gasteiger partial charge in [0.15, 0.2) is 0 Å². The number of fused-ring (bicyclic) bond motifs is 4. The van der Waals surface area contributed by atoms with Gasteiger partial charge in [0.05, 0.1) is 12.2 Å². The lowest BCUT2D eigenvalue weighted by molar-refractivity contribution is -0.129. The fraction of sp³-hybridized carbons (Fsp3) is 0.222. The Hall–Kier alpha value is -3.97. The number of para-hydroxylation sites is 1. The summed E-state index contributed by atoms with van der Waals surface area (Å²) in [4.78, 5) is 40.6. The van der Waals surface area contributed by atoms with Crippen LogP contribution in [0.3, 0.4) is 0 Å². The summed E-state index contributed by atoms with van der Waals surface area (Å²) in [5.41, 5.74) is 5.40. The number of carbonyl (C=O) groups excluding carboxylic acids is 3. The number of rotatable bonds is 4. The Kier molecular flexibility index (Phi) is 5.86. The van der Waals surface area contributed by atoms with Crippen molar-refractivity contribution in [2.75, 3.05) is 25.0 Å². The van der Waals surface area contributed by atoms with Crippen LogP contribution in [0.5, 0.6) is 0 Å². The summed E-state index contributed by atoms with van der Waals surface area (Å²) in [6.45, 7) is 0.476. The zero-order valence-corrected chi connectivity index (χ0v) is 18.9. The third-order valence-corrected chi connectivity index (χ3v) is 6.50. The number of nitrogens with one attached hydrogen (secondary N) is 3. The lowest BCUT2D eigenvalue weighted by atomic mass is 9.94. The summed E-state index contributed by atoms with van der Waals surface area (Å²) in [5, 5.41) is 8.79. The second-order valence-corrected chi connectivity index (χ2v) is 8.56. The van der Waals surface area contributed by atoms with Gasteiger partial charge in [-0.3, -0.25) is 14.4 Å². The predicted molar refractivity (Wildman–Crippen MR) is 130 cm³/mol. The molecule has 3 amide bonds. The smallest absolute Gasteiger partial charge is 0.253 e. The Bertz CT molecular complexity index is 1270. The van der Waals surface area contributed by atoms with Crippen LogP contribution in [-0.2, 0) is 20.8 Å². The molecule has 2 atom stereocenters. The summed E-state index contributed by atoms with van der Waals surface area (Å²) in [7, 11) is 1.71. The second-order valence-electron chi connectivity index (χ2n) is 8.56. The first-order valence-corrected chi connectivity index (χ1v) is 11.4. The van der Waals surface area contributed by atoms with Gasteiger partial charge < -0.3 is 20.9 Å². The molecule has 1 unspecified atom stereocenters. The van der Waals surface area contributed by atoms with Gasteiger partial charge in [-0.25, -0.2) is 0 Å². The summed E-state index contributed by atoms with van der Waals surface area (Å²) in [5.74, 6) is -0.927. The molecule has 3 aromatic carbocycles. The van der Waals surface area contributed by atoms with E-state index in [0.717, 1.165) is 39.9 Å². The number of anilines is 1. The highest BCUT2D eigenvalue weighted by Crippen LogP contribution is 2.39. The largest absolute Gasteiger partial charge is 0.345 e. The molecule has 3 aromatic rings. The standard InChI is InChI=1S/C27H26N4O3/c1-31-22-13-7-6-11-20(22)19-10-4-5-12-21(19)25(27(31)34)30-23(32)16-29-26(33)24-18-9-3-2-8-17(18)14-15-28-24/h2-13,24-25,28H,14-16H2,1H3,(H,29,33)(H,30,32)/t24?,25-/m0/s1. The van der Waals surface area contributed by atoms with Crippen LogP contribution in [0.2, 0.25) is 0 Å². The van der Waals surface area contributed by atoms with Crippen LogP contribution < -0.4 is 20.9 Å². The molecule has 5 rings (SSSR count). The van der Waals surface area contributed by atoms with E-state index in [4.69, 9.17) is 0 Å². The average Bonchev–Trinajstić information content (AvgIpc) is 2.97. The van der Waals surface area contributed by atoms with Crippen LogP contribution in [0.4, 0.5) is 5.69 Å². The summed E-state index contributed by atoms with van der Waals surface area (Å²) in [6, 6.07) is 21.7. The Morgan fingerprint density at radius 2 is 1.62 bits per heavy atom. The minimum absolute atomic E-state index is 0.220. The Balaban J connectivity index is 1.32. The first-order chi connectivity index (χ1) is 16.5. The van der Waals surface area contributed by atoms with E-state index in [2.05, 4.69) is 16.0 Å². The number of benzene rings is 3. The van der Waals surface area contributed by atoms with E-state index in [1.165, 1.54) is 0 Å². The minimum Gasteiger partial charge on any atom is -0.345 e. The monoisotopic (exact) mass is 454 g/mol. The molecule has 0 aliphatic carbocycles. The van der Waals surface area contributed by atoms with Crippen LogP contribution >= 0.6 is 0 Å². The van der Waals surface area contributed by atoms with E-state index in [1.807, 2.05) is 72.8 Å². The molecule has 0 aromatic heterocycles. The topological polar surface area (TPSA) is 90.5 Å². The molecule has 7 nitrogen and oxygen atoms in total. The van der Waals surface area contributed by atoms with Gasteiger partial charge >= 0.3 is 0 Å². The van der Waals surface area contributed by atoms with Gasteiger partial charge in [-0.2, -0.15) is 0 Å². The molecule has 0 fully saturated rings. The average molecular weight is 455 g/mol. The molecule has 0 radical (unpaired) electrons. The zero-order chi connectivity index (χ0) is 23.7. The number of hydrogen-bond donors (Lipinski definition) is 3. The highest BCUT2D eigenvalue weighted by molar-refractivity contribution is 6.06. The van der Waals surface area contributed by atoms with Crippen LogP contribution in [0.15, 0.2) is 72.8 Å². The van der Waals surface area contributed by atoms with Crippen molar-refractivity contribution in [1.29, 1.82) is 0 Å². The van der Waals surface area contributed by atoms with E-state index in [-0.39, 0.29) is 18.4 Å². The third kappa shape index (κ3) is 3.95. The molecule has 172 valence electrons. The molecule has 2 aliphatic rings. The van der Waals surface area contributed by atoms with E-state index < -0.39 is 18.0 Å². The third-order valence-electron chi connectivity index (χ3n) is 6.50. The lowest BCUT2D eigenvalue weighted by Gasteiger charge is -2.26. The van der Waals surface area contributed by atoms with Crippen LogP contribution in [0, 0.1) is 0 Å². The minimum atomic E-state index is -0.855. The molecule has 7 heteroatoms. The normalized spacial score (nSPS) is 18.7. The van der Waals surface area contributed by atoms with Gasteiger partial charge in [0.1, 0.15) is 12.1 Å². The van der Waals surface area contributed by atoms with E-state index in [9.17, 15) is 14.4 Å². The molecule has 0 spiro atoms. The van der Waals surface area contributed by atoms with Crippen LogP contribution in [0.25, 0.3) is 11.1 Å². The highest BCUT2D eigenvalue weighted by Gasteiger charge is 2.33.